The van der Waals surface area contributed by atoms with Crippen LogP contribution in [-0.4, -0.2) is 27.1 Å². The Kier molecular flexibility index (Phi) is 6.08. The van der Waals surface area contributed by atoms with Crippen LogP contribution in [0.25, 0.3) is 0 Å². The Bertz CT molecular complexity index is 979. The highest BCUT2D eigenvalue weighted by atomic mass is 32.2. The third kappa shape index (κ3) is 5.25. The Morgan fingerprint density at radius 3 is 2.14 bits per heavy atom. The standard InChI is InChI=1S/C19H21F3N2O3S/c1-12-8-13(2)18(14(3)9-12)23-17(25)11-24(28(4,26)27)16-7-5-6-15(10-16)19(20,21)22/h5-10H,11H2,1-4H3,(H,23,25). The van der Waals surface area contributed by atoms with E-state index in [1.54, 1.807) is 13.8 Å². The van der Waals surface area contributed by atoms with E-state index in [0.29, 0.717) is 16.1 Å². The summed E-state index contributed by atoms with van der Waals surface area (Å²) >= 11 is 0. The lowest BCUT2D eigenvalue weighted by atomic mass is 10.1. The molecule has 0 aliphatic carbocycles. The van der Waals surface area contributed by atoms with Crippen molar-refractivity contribution >= 4 is 27.3 Å². The fourth-order valence-corrected chi connectivity index (χ4v) is 3.77. The van der Waals surface area contributed by atoms with Gasteiger partial charge in [-0.25, -0.2) is 8.42 Å². The number of hydrogen-bond acceptors (Lipinski definition) is 3. The first kappa shape index (κ1) is 21.7. The monoisotopic (exact) mass is 414 g/mol. The summed E-state index contributed by atoms with van der Waals surface area (Å²) in [5.41, 5.74) is 1.93. The second kappa shape index (κ2) is 7.83. The van der Waals surface area contributed by atoms with Gasteiger partial charge in [0.2, 0.25) is 15.9 Å². The molecule has 0 fully saturated rings. The van der Waals surface area contributed by atoms with Crippen LogP contribution in [-0.2, 0) is 21.0 Å². The van der Waals surface area contributed by atoms with Crippen LogP contribution in [0.2, 0.25) is 0 Å². The third-order valence-corrected chi connectivity index (χ3v) is 5.23. The van der Waals surface area contributed by atoms with Crippen molar-refractivity contribution in [1.82, 2.24) is 0 Å². The summed E-state index contributed by atoms with van der Waals surface area (Å²) in [6.07, 6.45) is -3.79. The number of sulfonamides is 1. The molecule has 0 bridgehead atoms. The quantitative estimate of drug-likeness (QED) is 0.803. The number of aryl methyl sites for hydroxylation is 3. The molecular formula is C19H21F3N2O3S. The van der Waals surface area contributed by atoms with Gasteiger partial charge in [-0.15, -0.1) is 0 Å². The van der Waals surface area contributed by atoms with Crippen LogP contribution < -0.4 is 9.62 Å². The average molecular weight is 414 g/mol. The Balaban J connectivity index is 2.33. The maximum atomic E-state index is 13.0. The largest absolute Gasteiger partial charge is 0.416 e. The normalized spacial score (nSPS) is 12.0. The smallest absolute Gasteiger partial charge is 0.324 e. The molecule has 5 nitrogen and oxygen atoms in total. The van der Waals surface area contributed by atoms with Gasteiger partial charge in [-0.2, -0.15) is 13.2 Å². The predicted octanol–water partition coefficient (Wildman–Crippen LogP) is 4.04. The molecule has 0 radical (unpaired) electrons. The lowest BCUT2D eigenvalue weighted by Crippen LogP contribution is -2.37. The number of carbonyl (C=O) groups is 1. The van der Waals surface area contributed by atoms with Crippen LogP contribution in [0.4, 0.5) is 24.5 Å². The first-order chi connectivity index (χ1) is 12.8. The fraction of sp³-hybridized carbons (Fsp3) is 0.316. The summed E-state index contributed by atoms with van der Waals surface area (Å²) in [6.45, 7) is 4.87. The number of benzene rings is 2. The van der Waals surface area contributed by atoms with Gasteiger partial charge in [0.05, 0.1) is 17.5 Å². The van der Waals surface area contributed by atoms with E-state index < -0.39 is 34.2 Å². The molecule has 0 aromatic heterocycles. The number of anilines is 2. The molecule has 0 unspecified atom stereocenters. The second-order valence-electron chi connectivity index (χ2n) is 6.64. The van der Waals surface area contributed by atoms with Crippen molar-refractivity contribution in [2.24, 2.45) is 0 Å². The highest BCUT2D eigenvalue weighted by molar-refractivity contribution is 7.92. The van der Waals surface area contributed by atoms with E-state index in [4.69, 9.17) is 0 Å². The first-order valence-electron chi connectivity index (χ1n) is 8.31. The number of nitrogens with zero attached hydrogens (tertiary/aromatic N) is 1. The van der Waals surface area contributed by atoms with Crippen LogP contribution in [0.1, 0.15) is 22.3 Å². The molecule has 2 aromatic rings. The van der Waals surface area contributed by atoms with Gasteiger partial charge in [0.1, 0.15) is 6.54 Å². The number of hydrogen-bond donors (Lipinski definition) is 1. The molecule has 0 spiro atoms. The minimum absolute atomic E-state index is 0.232. The molecule has 28 heavy (non-hydrogen) atoms. The Morgan fingerprint density at radius 2 is 1.64 bits per heavy atom. The minimum atomic E-state index is -4.63. The zero-order valence-corrected chi connectivity index (χ0v) is 16.7. The molecule has 9 heteroatoms. The average Bonchev–Trinajstić information content (AvgIpc) is 2.54. The van der Waals surface area contributed by atoms with Crippen molar-refractivity contribution in [3.05, 3.63) is 58.7 Å². The molecule has 2 rings (SSSR count). The van der Waals surface area contributed by atoms with E-state index in [1.165, 1.54) is 6.07 Å². The summed E-state index contributed by atoms with van der Waals surface area (Å²) in [6, 6.07) is 7.59. The number of alkyl halides is 3. The molecule has 1 amide bonds. The molecule has 0 aliphatic heterocycles. The molecule has 1 N–H and O–H groups in total. The van der Waals surface area contributed by atoms with Gasteiger partial charge in [0, 0.05) is 5.69 Å². The van der Waals surface area contributed by atoms with Crippen molar-refractivity contribution in [3.8, 4) is 0 Å². The highest BCUT2D eigenvalue weighted by Crippen LogP contribution is 2.32. The first-order valence-corrected chi connectivity index (χ1v) is 10.2. The maximum absolute atomic E-state index is 13.0. The Morgan fingerprint density at radius 1 is 1.07 bits per heavy atom. The summed E-state index contributed by atoms with van der Waals surface area (Å²) in [5.74, 6) is -0.655. The zero-order chi connectivity index (χ0) is 21.3. The van der Waals surface area contributed by atoms with Crippen molar-refractivity contribution in [2.45, 2.75) is 26.9 Å². The second-order valence-corrected chi connectivity index (χ2v) is 8.55. The van der Waals surface area contributed by atoms with Crippen molar-refractivity contribution in [2.75, 3.05) is 22.4 Å². The van der Waals surface area contributed by atoms with Gasteiger partial charge in [-0.1, -0.05) is 23.8 Å². The lowest BCUT2D eigenvalue weighted by Gasteiger charge is -2.23. The summed E-state index contributed by atoms with van der Waals surface area (Å²) in [5, 5.41) is 2.66. The molecule has 0 heterocycles. The van der Waals surface area contributed by atoms with Crippen LogP contribution in [0.5, 0.6) is 0 Å². The maximum Gasteiger partial charge on any atom is 0.416 e. The van der Waals surface area contributed by atoms with E-state index >= 15 is 0 Å². The zero-order valence-electron chi connectivity index (χ0n) is 15.9. The van der Waals surface area contributed by atoms with Crippen molar-refractivity contribution in [3.63, 3.8) is 0 Å². The molecule has 0 saturated carbocycles. The number of amides is 1. The molecule has 0 saturated heterocycles. The van der Waals surface area contributed by atoms with Gasteiger partial charge in [0.25, 0.3) is 0 Å². The van der Waals surface area contributed by atoms with Gasteiger partial charge in [-0.3, -0.25) is 9.10 Å². The molecule has 0 aliphatic rings. The Labute approximate surface area is 162 Å². The van der Waals surface area contributed by atoms with E-state index in [1.807, 2.05) is 19.1 Å². The summed E-state index contributed by atoms with van der Waals surface area (Å²) < 4.78 is 63.8. The van der Waals surface area contributed by atoms with E-state index in [0.717, 1.165) is 35.1 Å². The van der Waals surface area contributed by atoms with E-state index in [9.17, 15) is 26.4 Å². The van der Waals surface area contributed by atoms with E-state index in [2.05, 4.69) is 5.32 Å². The number of carbonyl (C=O) groups excluding carboxylic acids is 1. The Hall–Kier alpha value is -2.55. The molecular weight excluding hydrogens is 393 g/mol. The van der Waals surface area contributed by atoms with Crippen LogP contribution in [0.3, 0.4) is 0 Å². The fourth-order valence-electron chi connectivity index (χ4n) is 2.92. The SMILES string of the molecule is Cc1cc(C)c(NC(=O)CN(c2cccc(C(F)(F)F)c2)S(C)(=O)=O)c(C)c1. The van der Waals surface area contributed by atoms with Gasteiger partial charge in [0.15, 0.2) is 0 Å². The lowest BCUT2D eigenvalue weighted by molar-refractivity contribution is -0.137. The van der Waals surface area contributed by atoms with Gasteiger partial charge < -0.3 is 5.32 Å². The number of rotatable bonds is 5. The van der Waals surface area contributed by atoms with Gasteiger partial charge >= 0.3 is 6.18 Å². The van der Waals surface area contributed by atoms with Crippen LogP contribution in [0, 0.1) is 20.8 Å². The minimum Gasteiger partial charge on any atom is -0.324 e. The predicted molar refractivity (Wildman–Crippen MR) is 103 cm³/mol. The summed E-state index contributed by atoms with van der Waals surface area (Å²) in [7, 11) is -3.99. The third-order valence-electron chi connectivity index (χ3n) is 4.09. The van der Waals surface area contributed by atoms with Crippen molar-refractivity contribution < 1.29 is 26.4 Å². The summed E-state index contributed by atoms with van der Waals surface area (Å²) in [4.78, 5) is 12.5. The molecule has 2 aromatic carbocycles. The molecule has 152 valence electrons. The van der Waals surface area contributed by atoms with Crippen LogP contribution >= 0.6 is 0 Å². The highest BCUT2D eigenvalue weighted by Gasteiger charge is 2.32. The van der Waals surface area contributed by atoms with E-state index in [-0.39, 0.29) is 5.69 Å². The molecule has 0 atom stereocenters. The number of halogens is 3. The van der Waals surface area contributed by atoms with Gasteiger partial charge in [-0.05, 0) is 50.1 Å². The van der Waals surface area contributed by atoms with Crippen molar-refractivity contribution in [1.29, 1.82) is 0 Å². The number of nitrogens with one attached hydrogen (secondary N) is 1. The topological polar surface area (TPSA) is 66.5 Å². The van der Waals surface area contributed by atoms with Crippen LogP contribution in [0.15, 0.2) is 36.4 Å².